The first-order chi connectivity index (χ1) is 14.0. The van der Waals surface area contributed by atoms with Crippen molar-refractivity contribution in [3.05, 3.63) is 65.5 Å². The third-order valence-corrected chi connectivity index (χ3v) is 5.71. The van der Waals surface area contributed by atoms with E-state index in [1.54, 1.807) is 6.20 Å². The van der Waals surface area contributed by atoms with E-state index < -0.39 is 0 Å². The molecule has 0 saturated heterocycles. The van der Waals surface area contributed by atoms with Crippen molar-refractivity contribution in [1.29, 1.82) is 0 Å². The van der Waals surface area contributed by atoms with Crippen molar-refractivity contribution >= 4 is 17.0 Å². The Hall–Kier alpha value is -3.25. The number of fused-ring (bicyclic) bond motifs is 2. The fourth-order valence-corrected chi connectivity index (χ4v) is 4.10. The lowest BCUT2D eigenvalue weighted by molar-refractivity contribution is 0.713. The second-order valence-electron chi connectivity index (χ2n) is 7.97. The largest absolute Gasteiger partial charge is 0.383 e. The molecule has 6 nitrogen and oxygen atoms in total. The maximum absolute atomic E-state index is 6.24. The Kier molecular flexibility index (Phi) is 4.10. The van der Waals surface area contributed by atoms with Crippen LogP contribution >= 0.6 is 0 Å². The second-order valence-corrected chi connectivity index (χ2v) is 7.97. The van der Waals surface area contributed by atoms with Gasteiger partial charge in [0.15, 0.2) is 11.5 Å². The van der Waals surface area contributed by atoms with Crippen molar-refractivity contribution in [2.24, 2.45) is 5.73 Å². The van der Waals surface area contributed by atoms with Crippen LogP contribution in [0.15, 0.2) is 48.7 Å². The summed E-state index contributed by atoms with van der Waals surface area (Å²) in [6.45, 7) is 4.29. The van der Waals surface area contributed by atoms with Gasteiger partial charge in [-0.05, 0) is 66.3 Å². The van der Waals surface area contributed by atoms with Gasteiger partial charge in [0.25, 0.3) is 0 Å². The zero-order valence-corrected chi connectivity index (χ0v) is 16.6. The average Bonchev–Trinajstić information content (AvgIpc) is 3.28. The van der Waals surface area contributed by atoms with Crippen LogP contribution < -0.4 is 11.5 Å². The van der Waals surface area contributed by atoms with Gasteiger partial charge in [0.05, 0.1) is 5.56 Å². The summed E-state index contributed by atoms with van der Waals surface area (Å²) in [6, 6.07) is 14.5. The minimum absolute atomic E-state index is 0.123. The van der Waals surface area contributed by atoms with Crippen LogP contribution in [0.3, 0.4) is 0 Å². The lowest BCUT2D eigenvalue weighted by Crippen LogP contribution is -2.06. The quantitative estimate of drug-likeness (QED) is 0.553. The topological polar surface area (TPSA) is 95.6 Å². The number of aromatic nitrogens is 4. The Balaban J connectivity index is 1.81. The van der Waals surface area contributed by atoms with Crippen molar-refractivity contribution in [3.8, 4) is 17.1 Å². The predicted molar refractivity (Wildman–Crippen MR) is 116 cm³/mol. The van der Waals surface area contributed by atoms with Crippen LogP contribution in [-0.4, -0.2) is 19.5 Å². The average molecular weight is 384 g/mol. The highest BCUT2D eigenvalue weighted by Gasteiger charge is 2.22. The van der Waals surface area contributed by atoms with Gasteiger partial charge < -0.3 is 11.5 Å². The number of aryl methyl sites for hydroxylation is 1. The molecule has 3 heterocycles. The molecule has 1 atom stereocenters. The zero-order valence-electron chi connectivity index (χ0n) is 16.6. The summed E-state index contributed by atoms with van der Waals surface area (Å²) >= 11 is 0. The molecule has 146 valence electrons. The molecule has 3 aromatic heterocycles. The van der Waals surface area contributed by atoms with Crippen molar-refractivity contribution in [2.45, 2.75) is 38.6 Å². The van der Waals surface area contributed by atoms with E-state index in [2.05, 4.69) is 41.6 Å². The van der Waals surface area contributed by atoms with Crippen molar-refractivity contribution in [3.63, 3.8) is 0 Å². The fraction of sp³-hybridized carbons (Fsp3) is 0.261. The Morgan fingerprint density at radius 3 is 2.76 bits per heavy atom. The Morgan fingerprint density at radius 1 is 1.10 bits per heavy atom. The second kappa shape index (κ2) is 6.67. The molecule has 1 aromatic carbocycles. The number of hydrogen-bond acceptors (Lipinski definition) is 5. The van der Waals surface area contributed by atoms with Gasteiger partial charge in [0, 0.05) is 23.6 Å². The van der Waals surface area contributed by atoms with Gasteiger partial charge >= 0.3 is 0 Å². The highest BCUT2D eigenvalue weighted by atomic mass is 15.1. The molecule has 29 heavy (non-hydrogen) atoms. The van der Waals surface area contributed by atoms with E-state index in [0.717, 1.165) is 46.8 Å². The highest BCUT2D eigenvalue weighted by molar-refractivity contribution is 5.83. The van der Waals surface area contributed by atoms with E-state index in [9.17, 15) is 0 Å². The molecule has 6 heteroatoms. The number of hydrogen-bond donors (Lipinski definition) is 2. The molecule has 0 saturated carbocycles. The molecule has 0 unspecified atom stereocenters. The summed E-state index contributed by atoms with van der Waals surface area (Å²) in [4.78, 5) is 14.1. The van der Waals surface area contributed by atoms with E-state index in [1.165, 1.54) is 11.1 Å². The molecule has 0 spiro atoms. The van der Waals surface area contributed by atoms with Crippen LogP contribution in [0.25, 0.3) is 28.2 Å². The summed E-state index contributed by atoms with van der Waals surface area (Å²) in [5, 5.41) is 0. The number of benzene rings is 1. The molecule has 1 aliphatic rings. The van der Waals surface area contributed by atoms with Crippen LogP contribution in [0.1, 0.15) is 49.0 Å². The first kappa shape index (κ1) is 17.8. The van der Waals surface area contributed by atoms with E-state index in [4.69, 9.17) is 21.4 Å². The normalized spacial score (nSPS) is 15.9. The van der Waals surface area contributed by atoms with Crippen LogP contribution in [0.5, 0.6) is 0 Å². The monoisotopic (exact) mass is 384 g/mol. The maximum atomic E-state index is 6.24. The number of nitrogens with two attached hydrogens (primary N) is 2. The number of nitrogen functional groups attached to an aromatic ring is 1. The molecular formula is C23H24N6. The summed E-state index contributed by atoms with van der Waals surface area (Å²) in [7, 11) is 0. The zero-order chi connectivity index (χ0) is 20.1. The summed E-state index contributed by atoms with van der Waals surface area (Å²) in [5.74, 6) is 1.53. The summed E-state index contributed by atoms with van der Waals surface area (Å²) in [6.07, 6.45) is 3.67. The molecule has 4 aromatic rings. The molecular weight excluding hydrogens is 360 g/mol. The minimum atomic E-state index is 0.123. The van der Waals surface area contributed by atoms with Gasteiger partial charge in [-0.1, -0.05) is 19.9 Å². The molecule has 0 amide bonds. The van der Waals surface area contributed by atoms with Gasteiger partial charge in [-0.3, -0.25) is 4.57 Å². The first-order valence-electron chi connectivity index (χ1n) is 10.0. The maximum Gasteiger partial charge on any atom is 0.165 e. The predicted octanol–water partition coefficient (Wildman–Crippen LogP) is 4.13. The molecule has 0 aliphatic heterocycles. The molecule has 5 rings (SSSR count). The van der Waals surface area contributed by atoms with Crippen molar-refractivity contribution in [2.75, 3.05) is 5.73 Å². The number of imidazole rings is 1. The number of rotatable bonds is 3. The highest BCUT2D eigenvalue weighted by Crippen LogP contribution is 2.35. The summed E-state index contributed by atoms with van der Waals surface area (Å²) < 4.78 is 2.10. The summed E-state index contributed by atoms with van der Waals surface area (Å²) in [5.41, 5.74) is 19.5. The van der Waals surface area contributed by atoms with Crippen LogP contribution in [0, 0.1) is 0 Å². The number of anilines is 1. The van der Waals surface area contributed by atoms with Crippen LogP contribution in [-0.2, 0) is 6.42 Å². The van der Waals surface area contributed by atoms with Crippen molar-refractivity contribution < 1.29 is 0 Å². The number of pyridine rings is 2. The third kappa shape index (κ3) is 2.87. The Bertz CT molecular complexity index is 1220. The van der Waals surface area contributed by atoms with E-state index in [-0.39, 0.29) is 6.04 Å². The SMILES string of the molecule is CC(C)c1ccc2nc(-c3cccnc3N)n(-c3ccc4c(c3)CC[C@@H]4N)c2n1. The van der Waals surface area contributed by atoms with Crippen LogP contribution in [0.4, 0.5) is 5.82 Å². The van der Waals surface area contributed by atoms with E-state index >= 15 is 0 Å². The van der Waals surface area contributed by atoms with Gasteiger partial charge in [0.1, 0.15) is 11.3 Å². The standard InChI is InChI=1S/C23H24N6/c1-13(2)19-9-10-20-23(27-19)29(22(28-20)17-4-3-11-26-21(17)25)15-6-7-16-14(12-15)5-8-18(16)24/h3-4,6-7,9-13,18H,5,8,24H2,1-2H3,(H2,25,26)/t18-/m0/s1. The van der Waals surface area contributed by atoms with E-state index in [1.807, 2.05) is 24.3 Å². The molecule has 4 N–H and O–H groups in total. The first-order valence-corrected chi connectivity index (χ1v) is 10.0. The Labute approximate surface area is 169 Å². The van der Waals surface area contributed by atoms with Gasteiger partial charge in [-0.25, -0.2) is 15.0 Å². The number of nitrogens with zero attached hydrogens (tertiary/aromatic N) is 4. The van der Waals surface area contributed by atoms with Crippen molar-refractivity contribution in [1.82, 2.24) is 19.5 Å². The molecule has 0 bridgehead atoms. The minimum Gasteiger partial charge on any atom is -0.383 e. The smallest absolute Gasteiger partial charge is 0.165 e. The molecule has 0 fully saturated rings. The molecule has 0 radical (unpaired) electrons. The van der Waals surface area contributed by atoms with Gasteiger partial charge in [0.2, 0.25) is 0 Å². The lowest BCUT2D eigenvalue weighted by Gasteiger charge is -2.13. The van der Waals surface area contributed by atoms with Gasteiger partial charge in [-0.15, -0.1) is 0 Å². The third-order valence-electron chi connectivity index (χ3n) is 5.71. The van der Waals surface area contributed by atoms with E-state index in [0.29, 0.717) is 11.7 Å². The Morgan fingerprint density at radius 2 is 1.97 bits per heavy atom. The lowest BCUT2D eigenvalue weighted by atomic mass is 10.1. The molecule has 1 aliphatic carbocycles. The van der Waals surface area contributed by atoms with Crippen LogP contribution in [0.2, 0.25) is 0 Å². The fourth-order valence-electron chi connectivity index (χ4n) is 4.10. The van der Waals surface area contributed by atoms with Gasteiger partial charge in [-0.2, -0.15) is 0 Å².